The third-order valence-electron chi connectivity index (χ3n) is 2.88. The number of anilines is 1. The Morgan fingerprint density at radius 2 is 2.11 bits per heavy atom. The standard InChI is InChI=1S/C11H15ClN2O3S/c1-8-6-9(7-13-11(8)12)14-18(15,16)10-2-4-17-5-3-10/h6-7,10,14H,2-5H2,1H3. The zero-order valence-corrected chi connectivity index (χ0v) is 11.6. The number of halogens is 1. The van der Waals surface area contributed by atoms with Crippen LogP contribution in [0.2, 0.25) is 5.15 Å². The van der Waals surface area contributed by atoms with Crippen LogP contribution in [0.3, 0.4) is 0 Å². The smallest absolute Gasteiger partial charge is 0.235 e. The van der Waals surface area contributed by atoms with E-state index in [0.717, 1.165) is 5.56 Å². The van der Waals surface area contributed by atoms with Crippen LogP contribution < -0.4 is 4.72 Å². The van der Waals surface area contributed by atoms with Crippen LogP contribution in [-0.4, -0.2) is 31.9 Å². The van der Waals surface area contributed by atoms with Crippen molar-refractivity contribution in [2.45, 2.75) is 25.0 Å². The molecule has 1 aromatic heterocycles. The molecule has 0 saturated carbocycles. The highest BCUT2D eigenvalue weighted by Gasteiger charge is 2.27. The van der Waals surface area contributed by atoms with Gasteiger partial charge in [0, 0.05) is 13.2 Å². The second-order valence-electron chi connectivity index (χ2n) is 4.29. The number of ether oxygens (including phenoxy) is 1. The minimum Gasteiger partial charge on any atom is -0.381 e. The van der Waals surface area contributed by atoms with Gasteiger partial charge in [0.2, 0.25) is 10.0 Å². The molecule has 100 valence electrons. The van der Waals surface area contributed by atoms with Crippen molar-refractivity contribution in [3.63, 3.8) is 0 Å². The average Bonchev–Trinajstić information content (AvgIpc) is 2.35. The van der Waals surface area contributed by atoms with Crippen LogP contribution in [-0.2, 0) is 14.8 Å². The largest absolute Gasteiger partial charge is 0.381 e. The third kappa shape index (κ3) is 3.13. The molecular formula is C11H15ClN2O3S. The van der Waals surface area contributed by atoms with Crippen molar-refractivity contribution in [2.24, 2.45) is 0 Å². The van der Waals surface area contributed by atoms with Crippen LogP contribution in [0.1, 0.15) is 18.4 Å². The number of aromatic nitrogens is 1. The Hall–Kier alpha value is -0.850. The molecule has 1 N–H and O–H groups in total. The van der Waals surface area contributed by atoms with Crippen LogP contribution in [0.4, 0.5) is 5.69 Å². The number of hydrogen-bond acceptors (Lipinski definition) is 4. The Morgan fingerprint density at radius 1 is 1.44 bits per heavy atom. The van der Waals surface area contributed by atoms with Gasteiger partial charge in [-0.05, 0) is 31.4 Å². The topological polar surface area (TPSA) is 68.3 Å². The van der Waals surface area contributed by atoms with E-state index in [1.807, 2.05) is 0 Å². The van der Waals surface area contributed by atoms with E-state index in [2.05, 4.69) is 9.71 Å². The predicted molar refractivity (Wildman–Crippen MR) is 70.4 cm³/mol. The molecule has 2 rings (SSSR count). The summed E-state index contributed by atoms with van der Waals surface area (Å²) in [5.74, 6) is 0. The lowest BCUT2D eigenvalue weighted by atomic mass is 10.2. The Balaban J connectivity index is 2.13. The summed E-state index contributed by atoms with van der Waals surface area (Å²) in [4.78, 5) is 3.92. The lowest BCUT2D eigenvalue weighted by Gasteiger charge is -2.22. The molecule has 1 aliphatic rings. The fourth-order valence-corrected chi connectivity index (χ4v) is 3.37. The number of pyridine rings is 1. The van der Waals surface area contributed by atoms with Gasteiger partial charge < -0.3 is 4.74 Å². The zero-order valence-electron chi connectivity index (χ0n) is 10.0. The lowest BCUT2D eigenvalue weighted by Crippen LogP contribution is -2.33. The molecule has 7 heteroatoms. The molecule has 0 radical (unpaired) electrons. The fourth-order valence-electron chi connectivity index (χ4n) is 1.85. The summed E-state index contributed by atoms with van der Waals surface area (Å²) in [6, 6.07) is 1.67. The molecule has 0 bridgehead atoms. The first-order valence-electron chi connectivity index (χ1n) is 5.70. The third-order valence-corrected chi connectivity index (χ3v) is 5.15. The molecule has 0 atom stereocenters. The average molecular weight is 291 g/mol. The van der Waals surface area contributed by atoms with Gasteiger partial charge in [0.05, 0.1) is 17.1 Å². The van der Waals surface area contributed by atoms with Gasteiger partial charge in [-0.3, -0.25) is 4.72 Å². The van der Waals surface area contributed by atoms with Crippen molar-refractivity contribution in [3.8, 4) is 0 Å². The minimum atomic E-state index is -3.38. The molecule has 5 nitrogen and oxygen atoms in total. The maximum absolute atomic E-state index is 12.1. The Morgan fingerprint density at radius 3 is 2.72 bits per heavy atom. The van der Waals surface area contributed by atoms with E-state index < -0.39 is 15.3 Å². The first-order valence-corrected chi connectivity index (χ1v) is 7.63. The highest BCUT2D eigenvalue weighted by molar-refractivity contribution is 7.93. The van der Waals surface area contributed by atoms with Gasteiger partial charge in [-0.2, -0.15) is 0 Å². The van der Waals surface area contributed by atoms with Crippen molar-refractivity contribution in [1.29, 1.82) is 0 Å². The van der Waals surface area contributed by atoms with E-state index in [-0.39, 0.29) is 0 Å². The monoisotopic (exact) mass is 290 g/mol. The number of hydrogen-bond donors (Lipinski definition) is 1. The van der Waals surface area contributed by atoms with E-state index in [1.54, 1.807) is 13.0 Å². The summed E-state index contributed by atoms with van der Waals surface area (Å²) < 4.78 is 32.0. The van der Waals surface area contributed by atoms with Gasteiger partial charge in [-0.15, -0.1) is 0 Å². The van der Waals surface area contributed by atoms with E-state index in [9.17, 15) is 8.42 Å². The zero-order chi connectivity index (χ0) is 13.2. The molecule has 1 fully saturated rings. The van der Waals surface area contributed by atoms with E-state index in [1.165, 1.54) is 6.20 Å². The number of sulfonamides is 1. The van der Waals surface area contributed by atoms with Gasteiger partial charge in [0.15, 0.2) is 0 Å². The highest BCUT2D eigenvalue weighted by Crippen LogP contribution is 2.21. The van der Waals surface area contributed by atoms with E-state index >= 15 is 0 Å². The molecule has 0 spiro atoms. The van der Waals surface area contributed by atoms with Crippen molar-refractivity contribution in [1.82, 2.24) is 4.98 Å². The van der Waals surface area contributed by atoms with Crippen molar-refractivity contribution in [2.75, 3.05) is 17.9 Å². The first-order chi connectivity index (χ1) is 8.49. The summed E-state index contributed by atoms with van der Waals surface area (Å²) in [5.41, 5.74) is 1.19. The van der Waals surface area contributed by atoms with Gasteiger partial charge in [0.25, 0.3) is 0 Å². The van der Waals surface area contributed by atoms with Crippen molar-refractivity contribution in [3.05, 3.63) is 23.0 Å². The van der Waals surface area contributed by atoms with Crippen molar-refractivity contribution >= 4 is 27.3 Å². The van der Waals surface area contributed by atoms with Gasteiger partial charge in [-0.25, -0.2) is 13.4 Å². The normalized spacial score (nSPS) is 17.7. The maximum Gasteiger partial charge on any atom is 0.235 e. The van der Waals surface area contributed by atoms with E-state index in [4.69, 9.17) is 16.3 Å². The predicted octanol–water partition coefficient (Wildman–Crippen LogP) is 1.96. The van der Waals surface area contributed by atoms with E-state index in [0.29, 0.717) is 36.9 Å². The molecule has 0 unspecified atom stereocenters. The van der Waals surface area contributed by atoms with Gasteiger partial charge in [-0.1, -0.05) is 11.6 Å². The molecule has 2 heterocycles. The van der Waals surface area contributed by atoms with Crippen LogP contribution in [0, 0.1) is 6.92 Å². The summed E-state index contributed by atoms with van der Waals surface area (Å²) in [6.45, 7) is 2.76. The van der Waals surface area contributed by atoms with Crippen molar-refractivity contribution < 1.29 is 13.2 Å². The second kappa shape index (κ2) is 5.42. The second-order valence-corrected chi connectivity index (χ2v) is 6.61. The maximum atomic E-state index is 12.1. The minimum absolute atomic E-state index is 0.379. The molecule has 1 aromatic rings. The van der Waals surface area contributed by atoms with Gasteiger partial charge >= 0.3 is 0 Å². The van der Waals surface area contributed by atoms with Crippen LogP contribution in [0.25, 0.3) is 0 Å². The Kier molecular flexibility index (Phi) is 4.09. The first kappa shape index (κ1) is 13.6. The number of nitrogens with one attached hydrogen (secondary N) is 1. The summed E-state index contributed by atoms with van der Waals surface area (Å²) >= 11 is 5.80. The lowest BCUT2D eigenvalue weighted by molar-refractivity contribution is 0.0984. The summed E-state index contributed by atoms with van der Waals surface area (Å²) in [7, 11) is -3.38. The van der Waals surface area contributed by atoms with Crippen LogP contribution in [0.15, 0.2) is 12.3 Å². The SMILES string of the molecule is Cc1cc(NS(=O)(=O)C2CCOCC2)cnc1Cl. The number of aryl methyl sites for hydroxylation is 1. The molecule has 0 amide bonds. The van der Waals surface area contributed by atoms with Crippen LogP contribution in [0.5, 0.6) is 0 Å². The Labute approximate surface area is 112 Å². The molecule has 18 heavy (non-hydrogen) atoms. The molecule has 0 aliphatic carbocycles. The molecular weight excluding hydrogens is 276 g/mol. The number of nitrogens with zero attached hydrogens (tertiary/aromatic N) is 1. The highest BCUT2D eigenvalue weighted by atomic mass is 35.5. The quantitative estimate of drug-likeness (QED) is 0.864. The fraction of sp³-hybridized carbons (Fsp3) is 0.545. The Bertz CT molecular complexity index is 527. The molecule has 0 aromatic carbocycles. The van der Waals surface area contributed by atoms with Crippen LogP contribution >= 0.6 is 11.6 Å². The summed E-state index contributed by atoms with van der Waals surface area (Å²) in [6.07, 6.45) is 2.47. The van der Waals surface area contributed by atoms with Gasteiger partial charge in [0.1, 0.15) is 5.15 Å². The molecule has 1 saturated heterocycles. The summed E-state index contributed by atoms with van der Waals surface area (Å²) in [5, 5.41) is -0.0220. The molecule has 1 aliphatic heterocycles. The number of rotatable bonds is 3.